The Hall–Kier alpha value is -1.02. The lowest BCUT2D eigenvalue weighted by molar-refractivity contribution is 0.418. The van der Waals surface area contributed by atoms with Gasteiger partial charge in [-0.2, -0.15) is 0 Å². The average molecular weight is 218 g/mol. The summed E-state index contributed by atoms with van der Waals surface area (Å²) in [6, 6.07) is 8.63. The molecule has 1 aromatic carbocycles. The van der Waals surface area contributed by atoms with Crippen LogP contribution in [-0.2, 0) is 0 Å². The van der Waals surface area contributed by atoms with Gasteiger partial charge in [-0.1, -0.05) is 32.0 Å². The minimum absolute atomic E-state index is 0.111. The van der Waals surface area contributed by atoms with Gasteiger partial charge in [-0.15, -0.1) is 0 Å². The number of nitrogens with zero attached hydrogens (tertiary/aromatic N) is 1. The van der Waals surface area contributed by atoms with Crippen molar-refractivity contribution in [2.75, 3.05) is 18.0 Å². The zero-order valence-corrected chi connectivity index (χ0v) is 10.5. The first-order valence-electron chi connectivity index (χ1n) is 6.09. The molecule has 0 spiro atoms. The summed E-state index contributed by atoms with van der Waals surface area (Å²) in [7, 11) is 0. The molecule has 2 nitrogen and oxygen atoms in total. The number of nitrogens with two attached hydrogens (primary N) is 1. The van der Waals surface area contributed by atoms with Crippen molar-refractivity contribution in [3.63, 3.8) is 0 Å². The minimum Gasteiger partial charge on any atom is -0.371 e. The summed E-state index contributed by atoms with van der Waals surface area (Å²) in [6.45, 7) is 9.01. The molecule has 0 saturated carbocycles. The summed E-state index contributed by atoms with van der Waals surface area (Å²) in [4.78, 5) is 2.47. The molecule has 0 aliphatic carbocycles. The first-order chi connectivity index (χ1) is 7.49. The molecule has 1 heterocycles. The van der Waals surface area contributed by atoms with Gasteiger partial charge in [-0.25, -0.2) is 0 Å². The third-order valence-corrected chi connectivity index (χ3v) is 3.45. The first-order valence-corrected chi connectivity index (χ1v) is 6.09. The third kappa shape index (κ3) is 2.22. The maximum atomic E-state index is 6.02. The summed E-state index contributed by atoms with van der Waals surface area (Å²) >= 11 is 0. The second-order valence-corrected chi connectivity index (χ2v) is 5.68. The number of hydrogen-bond donors (Lipinski definition) is 1. The fraction of sp³-hybridized carbons (Fsp3) is 0.571. The van der Waals surface area contributed by atoms with Gasteiger partial charge in [-0.05, 0) is 30.4 Å². The molecule has 1 atom stereocenters. The van der Waals surface area contributed by atoms with Crippen molar-refractivity contribution in [1.82, 2.24) is 0 Å². The molecule has 0 amide bonds. The Labute approximate surface area is 98.4 Å². The maximum Gasteiger partial charge on any atom is 0.0414 e. The average Bonchev–Trinajstić information content (AvgIpc) is 2.59. The van der Waals surface area contributed by atoms with Gasteiger partial charge in [0.1, 0.15) is 0 Å². The van der Waals surface area contributed by atoms with E-state index in [1.54, 1.807) is 0 Å². The van der Waals surface area contributed by atoms with Crippen molar-refractivity contribution in [3.8, 4) is 0 Å². The highest BCUT2D eigenvalue weighted by Gasteiger charge is 2.30. The van der Waals surface area contributed by atoms with Crippen molar-refractivity contribution in [1.29, 1.82) is 0 Å². The molecule has 2 heteroatoms. The molecule has 2 N–H and O–H groups in total. The molecule has 0 unspecified atom stereocenters. The van der Waals surface area contributed by atoms with Gasteiger partial charge in [0.15, 0.2) is 0 Å². The molecule has 1 fully saturated rings. The fourth-order valence-electron chi connectivity index (χ4n) is 2.48. The van der Waals surface area contributed by atoms with Crippen molar-refractivity contribution in [2.24, 2.45) is 11.1 Å². The summed E-state index contributed by atoms with van der Waals surface area (Å²) in [6.07, 6.45) is 1.26. The van der Waals surface area contributed by atoms with E-state index in [-0.39, 0.29) is 6.04 Å². The molecule has 1 aliphatic heterocycles. The Morgan fingerprint density at radius 2 is 2.00 bits per heavy atom. The molecule has 2 rings (SSSR count). The highest BCUT2D eigenvalue weighted by molar-refractivity contribution is 5.55. The zero-order valence-electron chi connectivity index (χ0n) is 10.5. The number of para-hydroxylation sites is 1. The molecule has 16 heavy (non-hydrogen) atoms. The lowest BCUT2D eigenvalue weighted by Gasteiger charge is -2.25. The standard InChI is InChI=1S/C14H22N2/c1-11(15)12-6-4-5-7-13(12)16-9-8-14(2,3)10-16/h4-7,11H,8-10,15H2,1-3H3/t11-/m0/s1. The summed E-state index contributed by atoms with van der Waals surface area (Å²) in [5.74, 6) is 0. The second-order valence-electron chi connectivity index (χ2n) is 5.68. The van der Waals surface area contributed by atoms with E-state index in [1.165, 1.54) is 17.7 Å². The summed E-state index contributed by atoms with van der Waals surface area (Å²) in [5, 5.41) is 0. The first kappa shape index (κ1) is 11.5. The monoisotopic (exact) mass is 218 g/mol. The fourth-order valence-corrected chi connectivity index (χ4v) is 2.48. The lowest BCUT2D eigenvalue weighted by Crippen LogP contribution is -2.24. The number of anilines is 1. The van der Waals surface area contributed by atoms with E-state index in [0.717, 1.165) is 13.1 Å². The highest BCUT2D eigenvalue weighted by Crippen LogP contribution is 2.35. The van der Waals surface area contributed by atoms with Crippen molar-refractivity contribution in [2.45, 2.75) is 33.2 Å². The van der Waals surface area contributed by atoms with Gasteiger partial charge >= 0.3 is 0 Å². The molecule has 1 aromatic rings. The van der Waals surface area contributed by atoms with E-state index >= 15 is 0 Å². The predicted octanol–water partition coefficient (Wildman–Crippen LogP) is 2.94. The van der Waals surface area contributed by atoms with Crippen LogP contribution < -0.4 is 10.6 Å². The van der Waals surface area contributed by atoms with Crippen LogP contribution in [0.3, 0.4) is 0 Å². The Morgan fingerprint density at radius 1 is 1.31 bits per heavy atom. The van der Waals surface area contributed by atoms with Gasteiger partial charge in [0.25, 0.3) is 0 Å². The Kier molecular flexibility index (Phi) is 2.94. The Morgan fingerprint density at radius 3 is 2.56 bits per heavy atom. The summed E-state index contributed by atoms with van der Waals surface area (Å²) in [5.41, 5.74) is 9.04. The van der Waals surface area contributed by atoms with E-state index in [0.29, 0.717) is 5.41 Å². The van der Waals surface area contributed by atoms with Gasteiger partial charge in [0.2, 0.25) is 0 Å². The van der Waals surface area contributed by atoms with Gasteiger partial charge in [-0.3, -0.25) is 0 Å². The van der Waals surface area contributed by atoms with E-state index in [4.69, 9.17) is 5.73 Å². The predicted molar refractivity (Wildman–Crippen MR) is 69.7 cm³/mol. The van der Waals surface area contributed by atoms with Crippen LogP contribution in [0.5, 0.6) is 0 Å². The highest BCUT2D eigenvalue weighted by atomic mass is 15.2. The van der Waals surface area contributed by atoms with E-state index in [2.05, 4.69) is 49.9 Å². The molecule has 1 saturated heterocycles. The van der Waals surface area contributed by atoms with Crippen LogP contribution >= 0.6 is 0 Å². The molecular weight excluding hydrogens is 196 g/mol. The second kappa shape index (κ2) is 4.10. The van der Waals surface area contributed by atoms with Crippen LogP contribution in [0.15, 0.2) is 24.3 Å². The van der Waals surface area contributed by atoms with Gasteiger partial charge in [0, 0.05) is 24.8 Å². The Balaban J connectivity index is 2.28. The van der Waals surface area contributed by atoms with Crippen LogP contribution in [0, 0.1) is 5.41 Å². The van der Waals surface area contributed by atoms with E-state index in [9.17, 15) is 0 Å². The van der Waals surface area contributed by atoms with Crippen LogP contribution in [0.4, 0.5) is 5.69 Å². The summed E-state index contributed by atoms with van der Waals surface area (Å²) < 4.78 is 0. The van der Waals surface area contributed by atoms with E-state index < -0.39 is 0 Å². The van der Waals surface area contributed by atoms with Crippen LogP contribution in [0.25, 0.3) is 0 Å². The topological polar surface area (TPSA) is 29.3 Å². The lowest BCUT2D eigenvalue weighted by atomic mass is 9.93. The number of benzene rings is 1. The molecular formula is C14H22N2. The van der Waals surface area contributed by atoms with Crippen LogP contribution in [-0.4, -0.2) is 13.1 Å². The normalized spacial score (nSPS) is 21.1. The SMILES string of the molecule is C[C@H](N)c1ccccc1N1CCC(C)(C)C1. The molecule has 88 valence electrons. The molecule has 0 aromatic heterocycles. The third-order valence-electron chi connectivity index (χ3n) is 3.45. The van der Waals surface area contributed by atoms with Crippen molar-refractivity contribution in [3.05, 3.63) is 29.8 Å². The largest absolute Gasteiger partial charge is 0.371 e. The molecule has 0 radical (unpaired) electrons. The van der Waals surface area contributed by atoms with Crippen molar-refractivity contribution >= 4 is 5.69 Å². The Bertz CT molecular complexity index is 369. The van der Waals surface area contributed by atoms with Gasteiger partial charge < -0.3 is 10.6 Å². The minimum atomic E-state index is 0.111. The van der Waals surface area contributed by atoms with Gasteiger partial charge in [0.05, 0.1) is 0 Å². The zero-order chi connectivity index (χ0) is 11.8. The van der Waals surface area contributed by atoms with Crippen LogP contribution in [0.1, 0.15) is 38.8 Å². The maximum absolute atomic E-state index is 6.02. The molecule has 1 aliphatic rings. The van der Waals surface area contributed by atoms with Crippen molar-refractivity contribution < 1.29 is 0 Å². The number of hydrogen-bond acceptors (Lipinski definition) is 2. The number of rotatable bonds is 2. The van der Waals surface area contributed by atoms with E-state index in [1.807, 2.05) is 0 Å². The molecule has 0 bridgehead atoms. The van der Waals surface area contributed by atoms with Crippen LogP contribution in [0.2, 0.25) is 0 Å². The smallest absolute Gasteiger partial charge is 0.0414 e. The quantitative estimate of drug-likeness (QED) is 0.827.